The molecular formula is C18H16BNO6. The maximum atomic E-state index is 5.99. The van der Waals surface area contributed by atoms with Gasteiger partial charge in [0.05, 0.1) is 23.9 Å². The minimum Gasteiger partial charge on any atom is -0.464 e. The van der Waals surface area contributed by atoms with Gasteiger partial charge in [0.15, 0.2) is 11.5 Å². The number of benzene rings is 1. The van der Waals surface area contributed by atoms with Crippen LogP contribution in [0.15, 0.2) is 41.1 Å². The van der Waals surface area contributed by atoms with E-state index in [1.807, 2.05) is 32.0 Å². The molecule has 0 atom stereocenters. The van der Waals surface area contributed by atoms with Gasteiger partial charge < -0.3 is 27.9 Å². The maximum Gasteiger partial charge on any atom is 0.498 e. The molecule has 3 aromatic rings. The van der Waals surface area contributed by atoms with Crippen molar-refractivity contribution in [1.29, 1.82) is 0 Å². The van der Waals surface area contributed by atoms with Crippen LogP contribution in [0.4, 0.5) is 0 Å². The molecule has 7 nitrogen and oxygen atoms in total. The monoisotopic (exact) mass is 353 g/mol. The molecule has 0 spiro atoms. The number of fused-ring (bicyclic) bond motifs is 2. The molecule has 26 heavy (non-hydrogen) atoms. The third-order valence-electron chi connectivity index (χ3n) is 4.33. The highest BCUT2D eigenvalue weighted by Crippen LogP contribution is 2.43. The van der Waals surface area contributed by atoms with Crippen molar-refractivity contribution in [3.63, 3.8) is 0 Å². The van der Waals surface area contributed by atoms with Crippen LogP contribution in [0, 0.1) is 0 Å². The molecule has 5 rings (SSSR count). The van der Waals surface area contributed by atoms with Gasteiger partial charge in [-0.15, -0.1) is 0 Å². The quantitative estimate of drug-likeness (QED) is 0.671. The summed E-state index contributed by atoms with van der Waals surface area (Å²) < 4.78 is 34.4. The second-order valence-electron chi connectivity index (χ2n) is 6.79. The lowest BCUT2D eigenvalue weighted by molar-refractivity contribution is 0.137. The molecule has 0 bridgehead atoms. The summed E-state index contributed by atoms with van der Waals surface area (Å²) >= 11 is 0. The number of ether oxygens (including phenoxy) is 3. The summed E-state index contributed by atoms with van der Waals surface area (Å²) in [7, 11) is -0.495. The predicted octanol–water partition coefficient (Wildman–Crippen LogP) is 2.87. The second kappa shape index (κ2) is 5.65. The molecule has 1 saturated heterocycles. The molecule has 1 fully saturated rings. The SMILES string of the molecule is CC1(C)COB(c2ccc(Oc3nccc4occc34)c3c2OCO3)O1. The van der Waals surface area contributed by atoms with Gasteiger partial charge in [0.1, 0.15) is 5.58 Å². The molecule has 0 unspecified atom stereocenters. The highest BCUT2D eigenvalue weighted by Gasteiger charge is 2.42. The Bertz CT molecular complexity index is 985. The molecule has 4 heterocycles. The summed E-state index contributed by atoms with van der Waals surface area (Å²) in [6.45, 7) is 4.60. The van der Waals surface area contributed by atoms with E-state index in [0.29, 0.717) is 35.3 Å². The van der Waals surface area contributed by atoms with E-state index in [1.54, 1.807) is 18.5 Å². The van der Waals surface area contributed by atoms with E-state index in [1.165, 1.54) is 0 Å². The summed E-state index contributed by atoms with van der Waals surface area (Å²) in [5.74, 6) is 2.04. The lowest BCUT2D eigenvalue weighted by atomic mass is 9.78. The summed E-state index contributed by atoms with van der Waals surface area (Å²) in [6, 6.07) is 7.27. The van der Waals surface area contributed by atoms with Gasteiger partial charge in [0.25, 0.3) is 0 Å². The van der Waals surface area contributed by atoms with Gasteiger partial charge in [0.2, 0.25) is 18.4 Å². The number of pyridine rings is 1. The average Bonchev–Trinajstić information content (AvgIpc) is 3.34. The minimum absolute atomic E-state index is 0.113. The van der Waals surface area contributed by atoms with E-state index in [0.717, 1.165) is 10.8 Å². The van der Waals surface area contributed by atoms with Crippen LogP contribution in [-0.4, -0.2) is 31.1 Å². The first-order valence-electron chi connectivity index (χ1n) is 8.33. The highest BCUT2D eigenvalue weighted by atomic mass is 16.7. The molecule has 0 amide bonds. The lowest BCUT2D eigenvalue weighted by Gasteiger charge is -2.16. The van der Waals surface area contributed by atoms with Gasteiger partial charge in [-0.2, -0.15) is 0 Å². The van der Waals surface area contributed by atoms with Crippen molar-refractivity contribution in [3.05, 3.63) is 36.7 Å². The zero-order valence-electron chi connectivity index (χ0n) is 14.4. The summed E-state index contributed by atoms with van der Waals surface area (Å²) in [5, 5.41) is 0.786. The second-order valence-corrected chi connectivity index (χ2v) is 6.79. The first-order chi connectivity index (χ1) is 12.6. The molecule has 1 aromatic carbocycles. The van der Waals surface area contributed by atoms with Crippen LogP contribution in [0.1, 0.15) is 13.8 Å². The molecule has 0 aliphatic carbocycles. The fourth-order valence-electron chi connectivity index (χ4n) is 3.10. The Balaban J connectivity index is 1.51. The number of nitrogens with zero attached hydrogens (tertiary/aromatic N) is 1. The third-order valence-corrected chi connectivity index (χ3v) is 4.33. The van der Waals surface area contributed by atoms with Gasteiger partial charge in [-0.1, -0.05) is 6.07 Å². The Kier molecular flexibility index (Phi) is 3.38. The van der Waals surface area contributed by atoms with Crippen molar-refractivity contribution in [3.8, 4) is 23.1 Å². The van der Waals surface area contributed by atoms with E-state index >= 15 is 0 Å². The van der Waals surface area contributed by atoms with Crippen LogP contribution in [0.25, 0.3) is 11.0 Å². The van der Waals surface area contributed by atoms with Crippen molar-refractivity contribution in [2.24, 2.45) is 0 Å². The van der Waals surface area contributed by atoms with Crippen LogP contribution in [0.3, 0.4) is 0 Å². The summed E-state index contributed by atoms with van der Waals surface area (Å²) in [5.41, 5.74) is 1.15. The zero-order valence-corrected chi connectivity index (χ0v) is 14.4. The molecule has 0 radical (unpaired) electrons. The molecule has 2 aliphatic heterocycles. The van der Waals surface area contributed by atoms with Gasteiger partial charge in [-0.25, -0.2) is 4.98 Å². The van der Waals surface area contributed by atoms with E-state index in [4.69, 9.17) is 27.9 Å². The van der Waals surface area contributed by atoms with E-state index in [9.17, 15) is 0 Å². The van der Waals surface area contributed by atoms with Gasteiger partial charge in [-0.05, 0) is 32.0 Å². The van der Waals surface area contributed by atoms with E-state index in [-0.39, 0.29) is 12.4 Å². The first kappa shape index (κ1) is 15.5. The average molecular weight is 353 g/mol. The first-order valence-corrected chi connectivity index (χ1v) is 8.33. The van der Waals surface area contributed by atoms with Gasteiger partial charge in [-0.3, -0.25) is 0 Å². The topological polar surface area (TPSA) is 72.2 Å². The number of aromatic nitrogens is 1. The van der Waals surface area contributed by atoms with Crippen LogP contribution in [0.5, 0.6) is 23.1 Å². The molecule has 0 N–H and O–H groups in total. The van der Waals surface area contributed by atoms with E-state index < -0.39 is 7.12 Å². The Morgan fingerprint density at radius 2 is 2.00 bits per heavy atom. The van der Waals surface area contributed by atoms with Crippen LogP contribution in [0.2, 0.25) is 0 Å². The van der Waals surface area contributed by atoms with E-state index in [2.05, 4.69) is 4.98 Å². The minimum atomic E-state index is -0.495. The fourth-order valence-corrected chi connectivity index (χ4v) is 3.10. The van der Waals surface area contributed by atoms with Crippen LogP contribution in [-0.2, 0) is 9.31 Å². The molecule has 132 valence electrons. The Hall–Kier alpha value is -2.71. The van der Waals surface area contributed by atoms with Crippen molar-refractivity contribution < 1.29 is 27.9 Å². The molecule has 2 aliphatic rings. The predicted molar refractivity (Wildman–Crippen MR) is 93.2 cm³/mol. The number of furan rings is 1. The largest absolute Gasteiger partial charge is 0.498 e. The van der Waals surface area contributed by atoms with Crippen molar-refractivity contribution >= 4 is 23.6 Å². The van der Waals surface area contributed by atoms with Crippen molar-refractivity contribution in [1.82, 2.24) is 4.98 Å². The van der Waals surface area contributed by atoms with Crippen molar-refractivity contribution in [2.45, 2.75) is 19.4 Å². The molecule has 8 heteroatoms. The van der Waals surface area contributed by atoms with Crippen LogP contribution >= 0.6 is 0 Å². The third kappa shape index (κ3) is 2.49. The highest BCUT2D eigenvalue weighted by molar-refractivity contribution is 6.63. The van der Waals surface area contributed by atoms with Gasteiger partial charge in [0, 0.05) is 11.7 Å². The summed E-state index contributed by atoms with van der Waals surface area (Å²) in [4.78, 5) is 4.29. The zero-order chi connectivity index (χ0) is 17.7. The normalized spacial score (nSPS) is 17.8. The van der Waals surface area contributed by atoms with Crippen molar-refractivity contribution in [2.75, 3.05) is 13.4 Å². The molecular weight excluding hydrogens is 337 g/mol. The molecule has 2 aromatic heterocycles. The number of hydrogen-bond donors (Lipinski definition) is 0. The number of hydrogen-bond acceptors (Lipinski definition) is 7. The maximum absolute atomic E-state index is 5.99. The number of rotatable bonds is 3. The Morgan fingerprint density at radius 1 is 1.12 bits per heavy atom. The Labute approximate surface area is 149 Å². The molecule has 0 saturated carbocycles. The standard InChI is InChI=1S/C18H16BNO6/c1-18(2)9-24-19(26-18)12-3-4-14(16-15(12)22-10-23-16)25-17-11-6-8-21-13(11)5-7-20-17/h3-8H,9-10H2,1-2H3. The van der Waals surface area contributed by atoms with Crippen LogP contribution < -0.4 is 19.7 Å². The lowest BCUT2D eigenvalue weighted by Crippen LogP contribution is -2.35. The summed E-state index contributed by atoms with van der Waals surface area (Å²) in [6.07, 6.45) is 3.23. The smallest absolute Gasteiger partial charge is 0.464 e. The van der Waals surface area contributed by atoms with Gasteiger partial charge >= 0.3 is 7.12 Å². The Morgan fingerprint density at radius 3 is 2.85 bits per heavy atom. The fraction of sp³-hybridized carbons (Fsp3) is 0.278.